The third-order valence-electron chi connectivity index (χ3n) is 3.02. The number of anilines is 1. The normalized spacial score (nSPS) is 9.91. The zero-order chi connectivity index (χ0) is 16.5. The molecule has 1 aromatic carbocycles. The van der Waals surface area contributed by atoms with Crippen LogP contribution in [0, 0.1) is 10.1 Å². The van der Waals surface area contributed by atoms with Crippen LogP contribution in [-0.4, -0.2) is 29.0 Å². The molecule has 0 aliphatic rings. The minimum absolute atomic E-state index is 0.0455. The number of nitrogens with one attached hydrogen (secondary N) is 3. The van der Waals surface area contributed by atoms with Gasteiger partial charge in [0.15, 0.2) is 0 Å². The number of nitrogens with zero attached hydrogens (tertiary/aromatic N) is 2. The number of carbonyl (C=O) groups excluding carboxylic acids is 1. The first-order chi connectivity index (χ1) is 11.1. The number of nitro groups is 1. The Hall–Kier alpha value is -3.16. The molecule has 0 saturated carbocycles. The van der Waals surface area contributed by atoms with Crippen LogP contribution >= 0.6 is 0 Å². The van der Waals surface area contributed by atoms with Crippen molar-refractivity contribution < 1.29 is 9.72 Å². The van der Waals surface area contributed by atoms with Crippen molar-refractivity contribution >= 4 is 17.4 Å². The molecule has 3 N–H and O–H groups in total. The first kappa shape index (κ1) is 16.2. The highest BCUT2D eigenvalue weighted by Gasteiger charge is 2.03. The lowest BCUT2D eigenvalue weighted by atomic mass is 10.3. The van der Waals surface area contributed by atoms with Crippen LogP contribution in [0.2, 0.25) is 0 Å². The standard InChI is InChI=1S/C15H17N5O3/c21-15(19-11-12-5-7-16-8-6-12)18-10-9-17-13-1-3-14(4-2-13)20(22)23/h1-8,17H,9-11H2,(H2,18,19,21). The number of hydrogen-bond acceptors (Lipinski definition) is 5. The maximum absolute atomic E-state index is 11.6. The van der Waals surface area contributed by atoms with Gasteiger partial charge in [-0.15, -0.1) is 0 Å². The molecule has 0 aliphatic heterocycles. The summed E-state index contributed by atoms with van der Waals surface area (Å²) in [7, 11) is 0. The van der Waals surface area contributed by atoms with Crippen LogP contribution in [0.15, 0.2) is 48.8 Å². The maximum Gasteiger partial charge on any atom is 0.315 e. The first-order valence-electron chi connectivity index (χ1n) is 7.04. The minimum Gasteiger partial charge on any atom is -0.383 e. The van der Waals surface area contributed by atoms with E-state index in [4.69, 9.17) is 0 Å². The number of nitro benzene ring substituents is 1. The molecule has 0 saturated heterocycles. The van der Waals surface area contributed by atoms with Gasteiger partial charge in [0.2, 0.25) is 0 Å². The Labute approximate surface area is 133 Å². The molecule has 0 aliphatic carbocycles. The van der Waals surface area contributed by atoms with Crippen LogP contribution in [0.25, 0.3) is 0 Å². The van der Waals surface area contributed by atoms with Crippen molar-refractivity contribution in [1.29, 1.82) is 0 Å². The zero-order valence-corrected chi connectivity index (χ0v) is 12.4. The van der Waals surface area contributed by atoms with Crippen LogP contribution in [0.3, 0.4) is 0 Å². The molecule has 2 amide bonds. The van der Waals surface area contributed by atoms with E-state index in [1.165, 1.54) is 12.1 Å². The van der Waals surface area contributed by atoms with Crippen molar-refractivity contribution in [2.75, 3.05) is 18.4 Å². The first-order valence-corrected chi connectivity index (χ1v) is 7.04. The smallest absolute Gasteiger partial charge is 0.315 e. The number of aromatic nitrogens is 1. The molecule has 0 bridgehead atoms. The summed E-state index contributed by atoms with van der Waals surface area (Å²) in [4.78, 5) is 25.6. The Bertz CT molecular complexity index is 646. The van der Waals surface area contributed by atoms with Crippen molar-refractivity contribution in [1.82, 2.24) is 15.6 Å². The predicted octanol–water partition coefficient (Wildman–Crippen LogP) is 1.90. The van der Waals surface area contributed by atoms with Gasteiger partial charge in [0.1, 0.15) is 0 Å². The summed E-state index contributed by atoms with van der Waals surface area (Å²) in [5.74, 6) is 0. The fraction of sp³-hybridized carbons (Fsp3) is 0.200. The number of rotatable bonds is 7. The van der Waals surface area contributed by atoms with Gasteiger partial charge in [-0.3, -0.25) is 15.1 Å². The van der Waals surface area contributed by atoms with Gasteiger partial charge in [-0.1, -0.05) is 0 Å². The Morgan fingerprint density at radius 1 is 1.04 bits per heavy atom. The summed E-state index contributed by atoms with van der Waals surface area (Å²) < 4.78 is 0. The molecule has 120 valence electrons. The highest BCUT2D eigenvalue weighted by Crippen LogP contribution is 2.14. The molecule has 1 heterocycles. The van der Waals surface area contributed by atoms with Crippen molar-refractivity contribution in [2.24, 2.45) is 0 Å². The Morgan fingerprint density at radius 2 is 1.74 bits per heavy atom. The number of benzene rings is 1. The van der Waals surface area contributed by atoms with E-state index in [9.17, 15) is 14.9 Å². The molecule has 0 radical (unpaired) electrons. The van der Waals surface area contributed by atoms with Gasteiger partial charge in [0.25, 0.3) is 5.69 Å². The Balaban J connectivity index is 1.63. The summed E-state index contributed by atoms with van der Waals surface area (Å²) in [6.07, 6.45) is 3.34. The molecule has 0 atom stereocenters. The molecule has 8 heteroatoms. The third-order valence-corrected chi connectivity index (χ3v) is 3.02. The van der Waals surface area contributed by atoms with E-state index in [2.05, 4.69) is 20.9 Å². The molecule has 1 aromatic heterocycles. The molecule has 2 rings (SSSR count). The summed E-state index contributed by atoms with van der Waals surface area (Å²) in [6.45, 7) is 1.38. The van der Waals surface area contributed by atoms with E-state index in [-0.39, 0.29) is 11.7 Å². The second kappa shape index (κ2) is 8.32. The number of amides is 2. The van der Waals surface area contributed by atoms with Crippen LogP contribution < -0.4 is 16.0 Å². The summed E-state index contributed by atoms with van der Waals surface area (Å²) >= 11 is 0. The monoisotopic (exact) mass is 315 g/mol. The fourth-order valence-electron chi connectivity index (χ4n) is 1.83. The topological polar surface area (TPSA) is 109 Å². The van der Waals surface area contributed by atoms with Crippen LogP contribution in [0.4, 0.5) is 16.2 Å². The second-order valence-electron chi connectivity index (χ2n) is 4.70. The molecule has 23 heavy (non-hydrogen) atoms. The predicted molar refractivity (Wildman–Crippen MR) is 86.1 cm³/mol. The lowest BCUT2D eigenvalue weighted by Crippen LogP contribution is -2.37. The average molecular weight is 315 g/mol. The molecule has 0 spiro atoms. The number of hydrogen-bond donors (Lipinski definition) is 3. The zero-order valence-electron chi connectivity index (χ0n) is 12.4. The van der Waals surface area contributed by atoms with E-state index < -0.39 is 4.92 Å². The minimum atomic E-state index is -0.446. The van der Waals surface area contributed by atoms with Gasteiger partial charge in [0.05, 0.1) is 4.92 Å². The quantitative estimate of drug-likeness (QED) is 0.411. The van der Waals surface area contributed by atoms with E-state index >= 15 is 0 Å². The average Bonchev–Trinajstić information content (AvgIpc) is 2.58. The van der Waals surface area contributed by atoms with Gasteiger partial charge < -0.3 is 16.0 Å². The van der Waals surface area contributed by atoms with Crippen LogP contribution in [0.1, 0.15) is 5.56 Å². The van der Waals surface area contributed by atoms with E-state index in [1.807, 2.05) is 12.1 Å². The summed E-state index contributed by atoms with van der Waals surface area (Å²) in [5.41, 5.74) is 1.78. The van der Waals surface area contributed by atoms with Gasteiger partial charge in [-0.25, -0.2) is 4.79 Å². The van der Waals surface area contributed by atoms with Gasteiger partial charge >= 0.3 is 6.03 Å². The molecule has 8 nitrogen and oxygen atoms in total. The number of pyridine rings is 1. The fourth-order valence-corrected chi connectivity index (χ4v) is 1.83. The van der Waals surface area contributed by atoms with E-state index in [0.717, 1.165) is 11.3 Å². The summed E-state index contributed by atoms with van der Waals surface area (Å²) in [5, 5.41) is 19.1. The number of urea groups is 1. The highest BCUT2D eigenvalue weighted by atomic mass is 16.6. The third kappa shape index (κ3) is 5.62. The Morgan fingerprint density at radius 3 is 2.39 bits per heavy atom. The molecule has 0 fully saturated rings. The highest BCUT2D eigenvalue weighted by molar-refractivity contribution is 5.73. The van der Waals surface area contributed by atoms with Crippen molar-refractivity contribution in [3.05, 3.63) is 64.5 Å². The van der Waals surface area contributed by atoms with E-state index in [0.29, 0.717) is 19.6 Å². The van der Waals surface area contributed by atoms with Crippen LogP contribution in [-0.2, 0) is 6.54 Å². The van der Waals surface area contributed by atoms with Gasteiger partial charge in [-0.2, -0.15) is 0 Å². The van der Waals surface area contributed by atoms with Crippen molar-refractivity contribution in [3.8, 4) is 0 Å². The van der Waals surface area contributed by atoms with Crippen molar-refractivity contribution in [3.63, 3.8) is 0 Å². The molecule has 2 aromatic rings. The van der Waals surface area contributed by atoms with Gasteiger partial charge in [-0.05, 0) is 29.8 Å². The maximum atomic E-state index is 11.6. The number of carbonyl (C=O) groups is 1. The summed E-state index contributed by atoms with van der Waals surface area (Å²) in [6, 6.07) is 9.51. The second-order valence-corrected chi connectivity index (χ2v) is 4.70. The van der Waals surface area contributed by atoms with Crippen LogP contribution in [0.5, 0.6) is 0 Å². The lowest BCUT2D eigenvalue weighted by Gasteiger charge is -2.09. The lowest BCUT2D eigenvalue weighted by molar-refractivity contribution is -0.384. The Kier molecular flexibility index (Phi) is 5.87. The molecular weight excluding hydrogens is 298 g/mol. The van der Waals surface area contributed by atoms with E-state index in [1.54, 1.807) is 24.5 Å². The molecular formula is C15H17N5O3. The SMILES string of the molecule is O=C(NCCNc1ccc([N+](=O)[O-])cc1)NCc1ccncc1. The van der Waals surface area contributed by atoms with Crippen molar-refractivity contribution in [2.45, 2.75) is 6.54 Å². The van der Waals surface area contributed by atoms with Gasteiger partial charge in [0, 0.05) is 49.8 Å². The largest absolute Gasteiger partial charge is 0.383 e. The molecule has 0 unspecified atom stereocenters. The number of non-ortho nitro benzene ring substituents is 1.